The van der Waals surface area contributed by atoms with Crippen molar-refractivity contribution >= 4 is 15.9 Å². The fourth-order valence-electron chi connectivity index (χ4n) is 1.66. The van der Waals surface area contributed by atoms with Crippen LogP contribution < -0.4 is 0 Å². The van der Waals surface area contributed by atoms with Gasteiger partial charge in [-0.3, -0.25) is 4.68 Å². The molecule has 1 atom stereocenters. The third kappa shape index (κ3) is 4.34. The number of halogens is 1. The van der Waals surface area contributed by atoms with Gasteiger partial charge in [0, 0.05) is 37.2 Å². The molecule has 86 valence electrons. The minimum Gasteiger partial charge on any atom is -0.302 e. The topological polar surface area (TPSA) is 21.1 Å². The molecule has 0 saturated heterocycles. The Bertz CT molecular complexity index is 281. The lowest BCUT2D eigenvalue weighted by Crippen LogP contribution is -2.25. The number of rotatable bonds is 6. The fourth-order valence-corrected chi connectivity index (χ4v) is 2.32. The van der Waals surface area contributed by atoms with Crippen LogP contribution in [-0.2, 0) is 13.6 Å². The fraction of sp³-hybridized carbons (Fsp3) is 0.727. The molecule has 15 heavy (non-hydrogen) atoms. The second-order valence-corrected chi connectivity index (χ2v) is 4.80. The maximum absolute atomic E-state index is 4.17. The average Bonchev–Trinajstić information content (AvgIpc) is 2.60. The van der Waals surface area contributed by atoms with Crippen molar-refractivity contribution in [3.63, 3.8) is 0 Å². The first-order chi connectivity index (χ1) is 7.15. The summed E-state index contributed by atoms with van der Waals surface area (Å²) < 4.78 is 1.85. The summed E-state index contributed by atoms with van der Waals surface area (Å²) in [6.45, 7) is 4.36. The summed E-state index contributed by atoms with van der Waals surface area (Å²) >= 11 is 3.55. The first-order valence-corrected chi connectivity index (χ1v) is 6.49. The highest BCUT2D eigenvalue weighted by Gasteiger charge is 2.09. The summed E-state index contributed by atoms with van der Waals surface area (Å²) in [5.74, 6) is 0.742. The number of aromatic nitrogens is 2. The Labute approximate surface area is 101 Å². The molecular formula is C11H20BrN3. The van der Waals surface area contributed by atoms with Gasteiger partial charge in [0.25, 0.3) is 0 Å². The van der Waals surface area contributed by atoms with Crippen LogP contribution in [0.4, 0.5) is 0 Å². The standard InChI is InChI=1S/C11H20BrN3/c1-4-10(5-12)7-14(2)8-11-6-13-15(3)9-11/h6,9-10H,4-5,7-8H2,1-3H3. The average molecular weight is 274 g/mol. The lowest BCUT2D eigenvalue weighted by Gasteiger charge is -2.20. The second kappa shape index (κ2) is 6.28. The van der Waals surface area contributed by atoms with Crippen LogP contribution in [0.1, 0.15) is 18.9 Å². The van der Waals surface area contributed by atoms with Crippen LogP contribution in [-0.4, -0.2) is 33.6 Å². The van der Waals surface area contributed by atoms with Crippen LogP contribution in [0.2, 0.25) is 0 Å². The van der Waals surface area contributed by atoms with Crippen LogP contribution in [0.3, 0.4) is 0 Å². The lowest BCUT2D eigenvalue weighted by molar-refractivity contribution is 0.278. The summed E-state index contributed by atoms with van der Waals surface area (Å²) in [6.07, 6.45) is 5.24. The zero-order valence-corrected chi connectivity index (χ0v) is 11.4. The molecule has 0 bridgehead atoms. The van der Waals surface area contributed by atoms with E-state index in [-0.39, 0.29) is 0 Å². The third-order valence-electron chi connectivity index (χ3n) is 2.58. The van der Waals surface area contributed by atoms with Crippen molar-refractivity contribution in [3.05, 3.63) is 18.0 Å². The molecule has 4 heteroatoms. The van der Waals surface area contributed by atoms with Gasteiger partial charge in [0.1, 0.15) is 0 Å². The molecule has 3 nitrogen and oxygen atoms in total. The molecule has 0 aliphatic rings. The Morgan fingerprint density at radius 1 is 1.60 bits per heavy atom. The normalized spacial score (nSPS) is 13.4. The Morgan fingerprint density at radius 3 is 2.80 bits per heavy atom. The van der Waals surface area contributed by atoms with E-state index in [0.29, 0.717) is 0 Å². The molecule has 0 aliphatic heterocycles. The van der Waals surface area contributed by atoms with E-state index in [1.807, 2.05) is 17.9 Å². The molecule has 0 saturated carbocycles. The van der Waals surface area contributed by atoms with Crippen LogP contribution >= 0.6 is 15.9 Å². The minimum atomic E-state index is 0.742. The number of aryl methyl sites for hydroxylation is 1. The van der Waals surface area contributed by atoms with Gasteiger partial charge in [0.2, 0.25) is 0 Å². The van der Waals surface area contributed by atoms with Crippen molar-refractivity contribution in [1.29, 1.82) is 0 Å². The number of hydrogen-bond acceptors (Lipinski definition) is 2. The van der Waals surface area contributed by atoms with Gasteiger partial charge < -0.3 is 4.90 Å². The maximum Gasteiger partial charge on any atom is 0.0534 e. The molecule has 0 radical (unpaired) electrons. The Morgan fingerprint density at radius 2 is 2.33 bits per heavy atom. The molecule has 1 aromatic rings. The van der Waals surface area contributed by atoms with Crippen molar-refractivity contribution in [2.24, 2.45) is 13.0 Å². The van der Waals surface area contributed by atoms with E-state index in [1.165, 1.54) is 12.0 Å². The first kappa shape index (κ1) is 12.7. The zero-order valence-electron chi connectivity index (χ0n) is 9.78. The van der Waals surface area contributed by atoms with Crippen molar-refractivity contribution in [2.45, 2.75) is 19.9 Å². The molecule has 0 N–H and O–H groups in total. The molecule has 1 heterocycles. The van der Waals surface area contributed by atoms with E-state index in [1.54, 1.807) is 0 Å². The SMILES string of the molecule is CCC(CBr)CN(C)Cc1cnn(C)c1. The maximum atomic E-state index is 4.17. The van der Waals surface area contributed by atoms with Crippen LogP contribution in [0.5, 0.6) is 0 Å². The molecule has 0 spiro atoms. The lowest BCUT2D eigenvalue weighted by atomic mass is 10.1. The summed E-state index contributed by atoms with van der Waals surface area (Å²) in [7, 11) is 4.12. The molecule has 1 rings (SSSR count). The van der Waals surface area contributed by atoms with E-state index in [4.69, 9.17) is 0 Å². The molecule has 0 aromatic carbocycles. The van der Waals surface area contributed by atoms with Gasteiger partial charge in [-0.25, -0.2) is 0 Å². The minimum absolute atomic E-state index is 0.742. The zero-order chi connectivity index (χ0) is 11.3. The molecule has 1 aromatic heterocycles. The van der Waals surface area contributed by atoms with Gasteiger partial charge in [-0.2, -0.15) is 5.10 Å². The van der Waals surface area contributed by atoms with Crippen LogP contribution in [0.15, 0.2) is 12.4 Å². The molecule has 1 unspecified atom stereocenters. The van der Waals surface area contributed by atoms with E-state index in [2.05, 4.69) is 46.1 Å². The van der Waals surface area contributed by atoms with Crippen LogP contribution in [0.25, 0.3) is 0 Å². The predicted molar refractivity (Wildman–Crippen MR) is 67.1 cm³/mol. The van der Waals surface area contributed by atoms with Crippen molar-refractivity contribution < 1.29 is 0 Å². The predicted octanol–water partition coefficient (Wildman–Crippen LogP) is 2.27. The number of nitrogens with zero attached hydrogens (tertiary/aromatic N) is 3. The summed E-state index contributed by atoms with van der Waals surface area (Å²) in [5, 5.41) is 5.25. The first-order valence-electron chi connectivity index (χ1n) is 5.37. The van der Waals surface area contributed by atoms with Gasteiger partial charge in [0.05, 0.1) is 6.20 Å². The van der Waals surface area contributed by atoms with Gasteiger partial charge >= 0.3 is 0 Å². The summed E-state index contributed by atoms with van der Waals surface area (Å²) in [5.41, 5.74) is 1.28. The molecular weight excluding hydrogens is 254 g/mol. The second-order valence-electron chi connectivity index (χ2n) is 4.15. The van der Waals surface area contributed by atoms with Gasteiger partial charge in [-0.15, -0.1) is 0 Å². The molecule has 0 amide bonds. The van der Waals surface area contributed by atoms with E-state index in [9.17, 15) is 0 Å². The van der Waals surface area contributed by atoms with Gasteiger partial charge in [-0.05, 0) is 13.0 Å². The highest BCUT2D eigenvalue weighted by Crippen LogP contribution is 2.10. The monoisotopic (exact) mass is 273 g/mol. The Kier molecular flexibility index (Phi) is 5.32. The number of hydrogen-bond donors (Lipinski definition) is 0. The van der Waals surface area contributed by atoms with E-state index in [0.717, 1.165) is 24.3 Å². The Balaban J connectivity index is 2.38. The molecule has 0 fully saturated rings. The summed E-state index contributed by atoms with van der Waals surface area (Å²) in [4.78, 5) is 2.35. The largest absolute Gasteiger partial charge is 0.302 e. The van der Waals surface area contributed by atoms with Crippen LogP contribution in [0, 0.1) is 5.92 Å². The quantitative estimate of drug-likeness (QED) is 0.742. The molecule has 0 aliphatic carbocycles. The highest BCUT2D eigenvalue weighted by atomic mass is 79.9. The summed E-state index contributed by atoms with van der Waals surface area (Å²) in [6, 6.07) is 0. The Hall–Kier alpha value is -0.350. The highest BCUT2D eigenvalue weighted by molar-refractivity contribution is 9.09. The van der Waals surface area contributed by atoms with Gasteiger partial charge in [0.15, 0.2) is 0 Å². The smallest absolute Gasteiger partial charge is 0.0534 e. The van der Waals surface area contributed by atoms with Crippen molar-refractivity contribution in [1.82, 2.24) is 14.7 Å². The number of alkyl halides is 1. The van der Waals surface area contributed by atoms with Crippen molar-refractivity contribution in [3.8, 4) is 0 Å². The van der Waals surface area contributed by atoms with E-state index < -0.39 is 0 Å². The van der Waals surface area contributed by atoms with E-state index >= 15 is 0 Å². The third-order valence-corrected chi connectivity index (χ3v) is 3.49. The van der Waals surface area contributed by atoms with Gasteiger partial charge in [-0.1, -0.05) is 29.3 Å². The van der Waals surface area contributed by atoms with Crippen molar-refractivity contribution in [2.75, 3.05) is 18.9 Å².